The second kappa shape index (κ2) is 6.51. The van der Waals surface area contributed by atoms with E-state index >= 15 is 0 Å². The van der Waals surface area contributed by atoms with E-state index in [1.165, 1.54) is 11.0 Å². The first-order valence-corrected chi connectivity index (χ1v) is 6.81. The number of rotatable bonds is 3. The van der Waals surface area contributed by atoms with Crippen LogP contribution >= 0.6 is 0 Å². The third-order valence-corrected chi connectivity index (χ3v) is 3.22. The lowest BCUT2D eigenvalue weighted by atomic mass is 10.0. The molecule has 0 saturated carbocycles. The van der Waals surface area contributed by atoms with Gasteiger partial charge in [-0.1, -0.05) is 0 Å². The van der Waals surface area contributed by atoms with Crippen molar-refractivity contribution < 1.29 is 18.4 Å². The van der Waals surface area contributed by atoms with Gasteiger partial charge in [0.1, 0.15) is 11.6 Å². The number of hydrogen-bond donors (Lipinski definition) is 2. The number of amides is 3. The maximum absolute atomic E-state index is 13.9. The molecule has 0 bridgehead atoms. The number of nitrogens with zero attached hydrogens (tertiary/aromatic N) is 1. The number of fused-ring (bicyclic) bond motifs is 1. The maximum Gasteiger partial charge on any atom is 0.321 e. The van der Waals surface area contributed by atoms with E-state index in [1.807, 2.05) is 0 Å². The first-order chi connectivity index (χ1) is 10.0. The van der Waals surface area contributed by atoms with Crippen LogP contribution in [0, 0.1) is 11.6 Å². The molecule has 1 aromatic rings. The Hall–Kier alpha value is -2.18. The number of hydrogen-bond acceptors (Lipinski definition) is 3. The summed E-state index contributed by atoms with van der Waals surface area (Å²) in [5.41, 5.74) is 0.790. The molecule has 1 aromatic carbocycles. The van der Waals surface area contributed by atoms with E-state index < -0.39 is 23.6 Å². The molecule has 5 nitrogen and oxygen atoms in total. The summed E-state index contributed by atoms with van der Waals surface area (Å²) >= 11 is 0. The third kappa shape index (κ3) is 3.68. The maximum atomic E-state index is 13.9. The minimum absolute atomic E-state index is 0.146. The molecule has 0 aromatic heterocycles. The summed E-state index contributed by atoms with van der Waals surface area (Å²) in [7, 11) is 0. The number of aryl methyl sites for hydroxylation is 1. The Kier molecular flexibility index (Phi) is 4.72. The van der Waals surface area contributed by atoms with Crippen molar-refractivity contribution in [1.29, 1.82) is 0 Å². The molecule has 1 aliphatic rings. The average Bonchev–Trinajstić information content (AvgIpc) is 2.37. The second-order valence-electron chi connectivity index (χ2n) is 4.83. The number of urea groups is 1. The number of halogens is 2. The van der Waals surface area contributed by atoms with Crippen molar-refractivity contribution in [2.75, 3.05) is 24.5 Å². The standard InChI is InChI=1S/C14H17F2N3O2/c1-2-17-14(21)18-12(20)8-19-5-3-4-9-6-10(15)7-11(16)13(9)19/h6-7H,2-5,8H2,1H3,(H2,17,18,20,21). The van der Waals surface area contributed by atoms with Crippen LogP contribution in [0.4, 0.5) is 19.3 Å². The van der Waals surface area contributed by atoms with E-state index in [4.69, 9.17) is 0 Å². The zero-order valence-electron chi connectivity index (χ0n) is 11.7. The van der Waals surface area contributed by atoms with E-state index in [9.17, 15) is 18.4 Å². The monoisotopic (exact) mass is 297 g/mol. The summed E-state index contributed by atoms with van der Waals surface area (Å²) in [4.78, 5) is 24.6. The summed E-state index contributed by atoms with van der Waals surface area (Å²) in [6.07, 6.45) is 1.27. The summed E-state index contributed by atoms with van der Waals surface area (Å²) < 4.78 is 27.1. The quantitative estimate of drug-likeness (QED) is 0.890. The topological polar surface area (TPSA) is 61.4 Å². The van der Waals surface area contributed by atoms with E-state index in [0.717, 1.165) is 6.07 Å². The van der Waals surface area contributed by atoms with Crippen molar-refractivity contribution in [3.05, 3.63) is 29.3 Å². The van der Waals surface area contributed by atoms with Crippen molar-refractivity contribution in [3.8, 4) is 0 Å². The Morgan fingerprint density at radius 1 is 1.33 bits per heavy atom. The van der Waals surface area contributed by atoms with Crippen molar-refractivity contribution in [2.24, 2.45) is 0 Å². The Balaban J connectivity index is 2.10. The molecule has 0 saturated heterocycles. The minimum Gasteiger partial charge on any atom is -0.360 e. The Labute approximate surface area is 121 Å². The number of benzene rings is 1. The zero-order chi connectivity index (χ0) is 15.4. The van der Waals surface area contributed by atoms with Gasteiger partial charge in [-0.15, -0.1) is 0 Å². The molecule has 0 spiro atoms. The van der Waals surface area contributed by atoms with Gasteiger partial charge >= 0.3 is 6.03 Å². The molecule has 0 unspecified atom stereocenters. The highest BCUT2D eigenvalue weighted by Crippen LogP contribution is 2.30. The van der Waals surface area contributed by atoms with Crippen molar-refractivity contribution >= 4 is 17.6 Å². The molecule has 2 N–H and O–H groups in total. The van der Waals surface area contributed by atoms with Gasteiger partial charge in [-0.05, 0) is 31.4 Å². The predicted octanol–water partition coefficient (Wildman–Crippen LogP) is 1.56. The summed E-state index contributed by atoms with van der Waals surface area (Å²) in [6.45, 7) is 2.47. The molecule has 0 radical (unpaired) electrons. The molecular formula is C14H17F2N3O2. The Bertz CT molecular complexity index is 563. The van der Waals surface area contributed by atoms with Crippen LogP contribution in [0.15, 0.2) is 12.1 Å². The summed E-state index contributed by atoms with van der Waals surface area (Å²) in [5, 5.41) is 4.60. The fraction of sp³-hybridized carbons (Fsp3) is 0.429. The van der Waals surface area contributed by atoms with Crippen molar-refractivity contribution in [2.45, 2.75) is 19.8 Å². The Morgan fingerprint density at radius 2 is 2.10 bits per heavy atom. The van der Waals surface area contributed by atoms with Gasteiger partial charge in [0.2, 0.25) is 5.91 Å². The first-order valence-electron chi connectivity index (χ1n) is 6.81. The third-order valence-electron chi connectivity index (χ3n) is 3.22. The molecule has 0 atom stereocenters. The first kappa shape index (κ1) is 15.2. The van der Waals surface area contributed by atoms with Crippen LogP contribution in [-0.2, 0) is 11.2 Å². The number of carbonyl (C=O) groups is 2. The molecular weight excluding hydrogens is 280 g/mol. The van der Waals surface area contributed by atoms with Crippen LogP contribution in [0.3, 0.4) is 0 Å². The van der Waals surface area contributed by atoms with E-state index in [1.54, 1.807) is 6.92 Å². The van der Waals surface area contributed by atoms with Gasteiger partial charge in [0.15, 0.2) is 0 Å². The lowest BCUT2D eigenvalue weighted by molar-refractivity contribution is -0.118. The highest BCUT2D eigenvalue weighted by Gasteiger charge is 2.24. The average molecular weight is 297 g/mol. The molecule has 0 aliphatic carbocycles. The van der Waals surface area contributed by atoms with Gasteiger partial charge in [-0.2, -0.15) is 0 Å². The summed E-state index contributed by atoms with van der Waals surface area (Å²) in [5.74, 6) is -1.84. The van der Waals surface area contributed by atoms with Gasteiger partial charge < -0.3 is 10.2 Å². The number of nitrogens with one attached hydrogen (secondary N) is 2. The lowest BCUT2D eigenvalue weighted by Crippen LogP contribution is -2.45. The highest BCUT2D eigenvalue weighted by atomic mass is 19.1. The van der Waals surface area contributed by atoms with Gasteiger partial charge in [-0.3, -0.25) is 10.1 Å². The smallest absolute Gasteiger partial charge is 0.321 e. The van der Waals surface area contributed by atoms with E-state index in [-0.39, 0.29) is 12.2 Å². The molecule has 114 valence electrons. The molecule has 0 fully saturated rings. The van der Waals surface area contributed by atoms with E-state index in [2.05, 4.69) is 10.6 Å². The fourth-order valence-electron chi connectivity index (χ4n) is 2.44. The van der Waals surface area contributed by atoms with Crippen molar-refractivity contribution in [3.63, 3.8) is 0 Å². The van der Waals surface area contributed by atoms with Crippen LogP contribution in [-0.4, -0.2) is 31.6 Å². The highest BCUT2D eigenvalue weighted by molar-refractivity contribution is 5.96. The van der Waals surface area contributed by atoms with Gasteiger partial charge in [0.25, 0.3) is 0 Å². The number of carbonyl (C=O) groups excluding carboxylic acids is 2. The normalized spacial score (nSPS) is 13.6. The van der Waals surface area contributed by atoms with Gasteiger partial charge in [-0.25, -0.2) is 13.6 Å². The molecule has 3 amide bonds. The molecule has 21 heavy (non-hydrogen) atoms. The van der Waals surface area contributed by atoms with Crippen molar-refractivity contribution in [1.82, 2.24) is 10.6 Å². The van der Waals surface area contributed by atoms with Gasteiger partial charge in [0.05, 0.1) is 12.2 Å². The summed E-state index contributed by atoms with van der Waals surface area (Å²) in [6, 6.07) is 1.50. The van der Waals surface area contributed by atoms with Crippen LogP contribution < -0.4 is 15.5 Å². The number of anilines is 1. The minimum atomic E-state index is -0.685. The zero-order valence-corrected chi connectivity index (χ0v) is 11.7. The number of imide groups is 1. The van der Waals surface area contributed by atoms with Gasteiger partial charge in [0, 0.05) is 19.2 Å². The predicted molar refractivity (Wildman–Crippen MR) is 74.1 cm³/mol. The molecule has 2 rings (SSSR count). The Morgan fingerprint density at radius 3 is 2.81 bits per heavy atom. The fourth-order valence-corrected chi connectivity index (χ4v) is 2.44. The van der Waals surface area contributed by atoms with Crippen LogP contribution in [0.5, 0.6) is 0 Å². The van der Waals surface area contributed by atoms with Crippen LogP contribution in [0.2, 0.25) is 0 Å². The molecule has 7 heteroatoms. The largest absolute Gasteiger partial charge is 0.360 e. The SMILES string of the molecule is CCNC(=O)NC(=O)CN1CCCc2cc(F)cc(F)c21. The van der Waals surface area contributed by atoms with Crippen LogP contribution in [0.1, 0.15) is 18.9 Å². The molecule has 1 aliphatic heterocycles. The van der Waals surface area contributed by atoms with Crippen LogP contribution in [0.25, 0.3) is 0 Å². The second-order valence-corrected chi connectivity index (χ2v) is 4.83. The lowest BCUT2D eigenvalue weighted by Gasteiger charge is -2.31. The molecule has 1 heterocycles. The van der Waals surface area contributed by atoms with E-state index in [0.29, 0.717) is 31.5 Å².